The minimum absolute atomic E-state index is 0.233. The molecule has 2 saturated heterocycles. The van der Waals surface area contributed by atoms with Gasteiger partial charge < -0.3 is 14.2 Å². The number of aryl methyl sites for hydroxylation is 1. The molecule has 0 aromatic carbocycles. The van der Waals surface area contributed by atoms with E-state index in [1.165, 1.54) is 0 Å². The average Bonchev–Trinajstić information content (AvgIpc) is 3.22. The molecule has 1 amide bonds. The minimum Gasteiger partial charge on any atom is -0.438 e. The van der Waals surface area contributed by atoms with Gasteiger partial charge in [0, 0.05) is 64.1 Å². The van der Waals surface area contributed by atoms with Crippen molar-refractivity contribution in [3.05, 3.63) is 11.7 Å². The third-order valence-electron chi connectivity index (χ3n) is 7.74. The Morgan fingerprint density at radius 2 is 1.79 bits per heavy atom. The first-order chi connectivity index (χ1) is 15.6. The summed E-state index contributed by atoms with van der Waals surface area (Å²) in [7, 11) is 0. The lowest BCUT2D eigenvalue weighted by Gasteiger charge is -2.47. The van der Waals surface area contributed by atoms with E-state index in [9.17, 15) is 13.6 Å². The molecule has 2 aliphatic heterocycles. The molecule has 8 nitrogen and oxygen atoms in total. The molecule has 1 aromatic rings. The second kappa shape index (κ2) is 9.44. The van der Waals surface area contributed by atoms with Crippen LogP contribution in [0.15, 0.2) is 4.52 Å². The van der Waals surface area contributed by atoms with E-state index in [0.717, 1.165) is 26.2 Å². The highest BCUT2D eigenvalue weighted by molar-refractivity contribution is 5.68. The highest BCUT2D eigenvalue weighted by atomic mass is 19.3. The van der Waals surface area contributed by atoms with Gasteiger partial charge in [-0.15, -0.1) is 0 Å². The van der Waals surface area contributed by atoms with Crippen LogP contribution >= 0.6 is 0 Å². The van der Waals surface area contributed by atoms with E-state index >= 15 is 0 Å². The van der Waals surface area contributed by atoms with Crippen LogP contribution in [0, 0.1) is 6.92 Å². The van der Waals surface area contributed by atoms with Gasteiger partial charge in [-0.3, -0.25) is 9.80 Å². The molecule has 0 bridgehead atoms. The summed E-state index contributed by atoms with van der Waals surface area (Å²) in [6.45, 7) is 12.1. The monoisotopic (exact) mass is 469 g/mol. The summed E-state index contributed by atoms with van der Waals surface area (Å²) in [6, 6.07) is -0.000837. The number of carbonyl (C=O) groups is 1. The molecule has 186 valence electrons. The summed E-state index contributed by atoms with van der Waals surface area (Å²) in [4.78, 5) is 23.3. The number of alkyl halides is 2. The highest BCUT2D eigenvalue weighted by Crippen LogP contribution is 2.39. The Labute approximate surface area is 194 Å². The summed E-state index contributed by atoms with van der Waals surface area (Å²) < 4.78 is 40.7. The van der Waals surface area contributed by atoms with Gasteiger partial charge in [0.05, 0.1) is 6.04 Å². The van der Waals surface area contributed by atoms with E-state index in [2.05, 4.69) is 33.8 Å². The molecule has 0 spiro atoms. The molecule has 3 fully saturated rings. The minimum atomic E-state index is -3.01. The number of piperidine rings is 1. The molecule has 1 saturated carbocycles. The maximum Gasteiger partial charge on any atom is 0.410 e. The van der Waals surface area contributed by atoms with Gasteiger partial charge in [0.1, 0.15) is 0 Å². The van der Waals surface area contributed by atoms with Crippen LogP contribution in [0.2, 0.25) is 0 Å². The second-order valence-corrected chi connectivity index (χ2v) is 10.4. The fraction of sp³-hybridized carbons (Fsp3) is 0.870. The zero-order valence-electron chi connectivity index (χ0n) is 20.2. The Morgan fingerprint density at radius 3 is 2.36 bits per heavy atom. The van der Waals surface area contributed by atoms with Crippen molar-refractivity contribution in [2.75, 3.05) is 39.3 Å². The van der Waals surface area contributed by atoms with Crippen LogP contribution in [0.1, 0.15) is 64.6 Å². The standard InChI is InChI=1S/C23H37F2N5O3/c1-16(2)28-12-14-29(15-13-28)18-6-5-7-23(24,25)19(18)32-21(31)30-10-8-22(4,9-11-30)20-26-17(3)33-27-20/h16,18-19H,5-15H2,1-4H3/t18?,19-/m1/s1. The third-order valence-corrected chi connectivity index (χ3v) is 7.74. The number of halogens is 2. The first-order valence-electron chi connectivity index (χ1n) is 12.2. The molecule has 3 aliphatic rings. The number of hydrogen-bond acceptors (Lipinski definition) is 7. The van der Waals surface area contributed by atoms with Gasteiger partial charge in [-0.05, 0) is 39.5 Å². The van der Waals surface area contributed by atoms with E-state index in [4.69, 9.17) is 9.26 Å². The van der Waals surface area contributed by atoms with Crippen molar-refractivity contribution in [2.45, 2.75) is 89.3 Å². The SMILES string of the molecule is Cc1nc(C2(C)CCN(C(=O)O[C@@H]3C(N4CCN(C(C)C)CC4)CCCC3(F)F)CC2)no1. The van der Waals surface area contributed by atoms with Crippen LogP contribution in [0.3, 0.4) is 0 Å². The summed E-state index contributed by atoms with van der Waals surface area (Å²) in [5.74, 6) is -1.87. The Bertz CT molecular complexity index is 817. The van der Waals surface area contributed by atoms with E-state index in [1.54, 1.807) is 11.8 Å². The maximum absolute atomic E-state index is 15.0. The molecule has 1 unspecified atom stereocenters. The van der Waals surface area contributed by atoms with Crippen LogP contribution in [0.5, 0.6) is 0 Å². The van der Waals surface area contributed by atoms with Gasteiger partial charge in [-0.1, -0.05) is 12.1 Å². The number of rotatable bonds is 4. The van der Waals surface area contributed by atoms with Gasteiger partial charge in [-0.2, -0.15) is 4.98 Å². The van der Waals surface area contributed by atoms with Gasteiger partial charge in [0.25, 0.3) is 5.92 Å². The highest BCUT2D eigenvalue weighted by Gasteiger charge is 2.52. The largest absolute Gasteiger partial charge is 0.438 e. The lowest BCUT2D eigenvalue weighted by molar-refractivity contribution is -0.170. The first kappa shape index (κ1) is 24.3. The summed E-state index contributed by atoms with van der Waals surface area (Å²) in [5.41, 5.74) is -0.304. The molecule has 1 aliphatic carbocycles. The average molecular weight is 470 g/mol. The second-order valence-electron chi connectivity index (χ2n) is 10.4. The zero-order valence-corrected chi connectivity index (χ0v) is 20.2. The number of piperazine rings is 1. The van der Waals surface area contributed by atoms with Gasteiger partial charge in [0.2, 0.25) is 5.89 Å². The molecule has 0 radical (unpaired) electrons. The topological polar surface area (TPSA) is 74.9 Å². The third kappa shape index (κ3) is 5.16. The van der Waals surface area contributed by atoms with Crippen molar-refractivity contribution in [1.82, 2.24) is 24.8 Å². The van der Waals surface area contributed by atoms with Crippen molar-refractivity contribution < 1.29 is 22.8 Å². The van der Waals surface area contributed by atoms with Gasteiger partial charge in [-0.25, -0.2) is 13.6 Å². The fourth-order valence-electron chi connectivity index (χ4n) is 5.38. The van der Waals surface area contributed by atoms with Gasteiger partial charge >= 0.3 is 6.09 Å². The van der Waals surface area contributed by atoms with Gasteiger partial charge in [0.15, 0.2) is 11.9 Å². The fourth-order valence-corrected chi connectivity index (χ4v) is 5.38. The van der Waals surface area contributed by atoms with Crippen molar-refractivity contribution >= 4 is 6.09 Å². The molecule has 4 rings (SSSR count). The number of amides is 1. The predicted octanol–water partition coefficient (Wildman–Crippen LogP) is 3.45. The summed E-state index contributed by atoms with van der Waals surface area (Å²) in [5, 5.41) is 4.04. The van der Waals surface area contributed by atoms with Crippen LogP contribution in [-0.2, 0) is 10.2 Å². The van der Waals surface area contributed by atoms with E-state index in [1.807, 2.05) is 6.92 Å². The molecule has 10 heteroatoms. The molecule has 2 atom stereocenters. The van der Waals surface area contributed by atoms with Crippen molar-refractivity contribution in [3.63, 3.8) is 0 Å². The number of likely N-dealkylation sites (tertiary alicyclic amines) is 1. The van der Waals surface area contributed by atoms with E-state index < -0.39 is 24.2 Å². The van der Waals surface area contributed by atoms with Crippen LogP contribution in [-0.4, -0.2) is 94.3 Å². The Balaban J connectivity index is 1.38. The first-order valence-corrected chi connectivity index (χ1v) is 12.2. The van der Waals surface area contributed by atoms with Crippen molar-refractivity contribution in [1.29, 1.82) is 0 Å². The van der Waals surface area contributed by atoms with Crippen molar-refractivity contribution in [2.24, 2.45) is 0 Å². The van der Waals surface area contributed by atoms with Crippen LogP contribution in [0.25, 0.3) is 0 Å². The predicted molar refractivity (Wildman–Crippen MR) is 118 cm³/mol. The van der Waals surface area contributed by atoms with Crippen molar-refractivity contribution in [3.8, 4) is 0 Å². The number of aromatic nitrogens is 2. The molecule has 1 aromatic heterocycles. The van der Waals surface area contributed by atoms with E-state index in [0.29, 0.717) is 56.5 Å². The molecular formula is C23H37F2N5O3. The number of nitrogens with zero attached hydrogens (tertiary/aromatic N) is 5. The molecule has 33 heavy (non-hydrogen) atoms. The molecule has 3 heterocycles. The maximum atomic E-state index is 15.0. The normalized spacial score (nSPS) is 28.8. The Kier molecular flexibility index (Phi) is 6.96. The number of hydrogen-bond donors (Lipinski definition) is 0. The summed E-state index contributed by atoms with van der Waals surface area (Å²) >= 11 is 0. The zero-order chi connectivity index (χ0) is 23.8. The Morgan fingerprint density at radius 1 is 1.12 bits per heavy atom. The number of carbonyl (C=O) groups excluding carboxylic acids is 1. The number of ether oxygens (including phenoxy) is 1. The van der Waals surface area contributed by atoms with Crippen LogP contribution in [0.4, 0.5) is 13.6 Å². The quantitative estimate of drug-likeness (QED) is 0.669. The van der Waals surface area contributed by atoms with E-state index in [-0.39, 0.29) is 11.8 Å². The smallest absolute Gasteiger partial charge is 0.410 e. The van der Waals surface area contributed by atoms with Crippen LogP contribution < -0.4 is 0 Å². The molecule has 0 N–H and O–H groups in total. The summed E-state index contributed by atoms with van der Waals surface area (Å²) in [6.07, 6.45) is 0.0529. The lowest BCUT2D eigenvalue weighted by atomic mass is 9.80. The molecular weight excluding hydrogens is 432 g/mol. The Hall–Kier alpha value is -1.81. The lowest BCUT2D eigenvalue weighted by Crippen LogP contribution is -2.61.